The van der Waals surface area contributed by atoms with Crippen LogP contribution in [0.2, 0.25) is 0 Å². The Labute approximate surface area is 181 Å². The van der Waals surface area contributed by atoms with Gasteiger partial charge in [-0.25, -0.2) is 0 Å². The van der Waals surface area contributed by atoms with Crippen LogP contribution in [0.5, 0.6) is 0 Å². The van der Waals surface area contributed by atoms with Gasteiger partial charge in [0.05, 0.1) is 13.2 Å². The van der Waals surface area contributed by atoms with E-state index in [1.165, 1.54) is 16.7 Å². The first-order valence-electron chi connectivity index (χ1n) is 10.7. The van der Waals surface area contributed by atoms with Crippen LogP contribution in [0, 0.1) is 5.92 Å². The number of aliphatic hydroxyl groups is 1. The number of ether oxygens (including phenoxy) is 2. The lowest BCUT2D eigenvalue weighted by atomic mass is 9.91. The van der Waals surface area contributed by atoms with Gasteiger partial charge in [0, 0.05) is 5.92 Å². The highest BCUT2D eigenvalue weighted by Crippen LogP contribution is 2.32. The Kier molecular flexibility index (Phi) is 10.5. The number of hydrogen-bond acceptors (Lipinski definition) is 3. The van der Waals surface area contributed by atoms with E-state index < -0.39 is 0 Å². The lowest BCUT2D eigenvalue weighted by Crippen LogP contribution is -2.12. The fourth-order valence-corrected chi connectivity index (χ4v) is 3.29. The van der Waals surface area contributed by atoms with Gasteiger partial charge in [-0.05, 0) is 55.6 Å². The van der Waals surface area contributed by atoms with E-state index in [1.54, 1.807) is 0 Å². The molecule has 0 aliphatic heterocycles. The maximum Gasteiger partial charge on any atom is 0.119 e. The van der Waals surface area contributed by atoms with Gasteiger partial charge in [-0.1, -0.05) is 73.8 Å². The van der Waals surface area contributed by atoms with Gasteiger partial charge in [0.15, 0.2) is 0 Å². The van der Waals surface area contributed by atoms with E-state index in [2.05, 4.69) is 49.5 Å². The smallest absolute Gasteiger partial charge is 0.119 e. The zero-order valence-corrected chi connectivity index (χ0v) is 18.4. The van der Waals surface area contributed by atoms with E-state index in [-0.39, 0.29) is 19.1 Å². The molecule has 0 fully saturated rings. The molecule has 0 amide bonds. The minimum Gasteiger partial charge on any atom is -0.495 e. The molecule has 0 heterocycles. The van der Waals surface area contributed by atoms with Gasteiger partial charge in [0.25, 0.3) is 0 Å². The average molecular weight is 407 g/mol. The number of aliphatic hydroxyl groups excluding tert-OH is 1. The average Bonchev–Trinajstić information content (AvgIpc) is 2.97. The highest BCUT2D eigenvalue weighted by molar-refractivity contribution is 5.41. The van der Waals surface area contributed by atoms with E-state index in [0.29, 0.717) is 6.61 Å². The van der Waals surface area contributed by atoms with Crippen LogP contribution in [-0.4, -0.2) is 24.9 Å². The quantitative estimate of drug-likeness (QED) is 0.343. The van der Waals surface area contributed by atoms with Crippen LogP contribution in [0.25, 0.3) is 0 Å². The van der Waals surface area contributed by atoms with E-state index >= 15 is 0 Å². The number of hydrogen-bond donors (Lipinski definition) is 1. The van der Waals surface area contributed by atoms with Crippen LogP contribution in [0.1, 0.15) is 33.6 Å². The summed E-state index contributed by atoms with van der Waals surface area (Å²) in [5, 5.41) is 9.31. The summed E-state index contributed by atoms with van der Waals surface area (Å²) in [6.45, 7) is 7.01. The zero-order chi connectivity index (χ0) is 21.6. The highest BCUT2D eigenvalue weighted by Gasteiger charge is 2.21. The predicted molar refractivity (Wildman–Crippen MR) is 126 cm³/mol. The molecular weight excluding hydrogens is 372 g/mol. The van der Waals surface area contributed by atoms with E-state index in [0.717, 1.165) is 24.4 Å². The van der Waals surface area contributed by atoms with Crippen LogP contribution < -0.4 is 0 Å². The SMILES string of the molecule is C/C=C\C=C/C1=CC=CC(OCC)=C(C(C)/C(=C\C=C2\C=CC=CC2)OCCO)C1. The monoisotopic (exact) mass is 406 g/mol. The first-order valence-corrected chi connectivity index (χ1v) is 10.7. The Morgan fingerprint density at radius 2 is 2.07 bits per heavy atom. The standard InChI is InChI=1S/C27H34O3/c1-4-6-8-14-24-15-11-16-27(29-5-2)25(21-24)22(3)26(30-20-19-28)18-17-23-12-9-7-10-13-23/h4,6-12,14-18,22,28H,5,13,19-21H2,1-3H3/b6-4-,14-8-,23-17-,26-18+. The van der Waals surface area contributed by atoms with Crippen molar-refractivity contribution in [2.45, 2.75) is 33.6 Å². The molecular formula is C27H34O3. The van der Waals surface area contributed by atoms with Crippen molar-refractivity contribution in [1.82, 2.24) is 0 Å². The van der Waals surface area contributed by atoms with Crippen molar-refractivity contribution in [1.29, 1.82) is 0 Å². The molecule has 0 aromatic rings. The second-order valence-electron chi connectivity index (χ2n) is 7.08. The Morgan fingerprint density at radius 3 is 2.77 bits per heavy atom. The molecule has 3 nitrogen and oxygen atoms in total. The van der Waals surface area contributed by atoms with Gasteiger partial charge >= 0.3 is 0 Å². The molecule has 1 N–H and O–H groups in total. The molecule has 30 heavy (non-hydrogen) atoms. The summed E-state index contributed by atoms with van der Waals surface area (Å²) in [7, 11) is 0. The zero-order valence-electron chi connectivity index (χ0n) is 18.4. The summed E-state index contributed by atoms with van der Waals surface area (Å²) in [6.07, 6.45) is 28.6. The van der Waals surface area contributed by atoms with Gasteiger partial charge in [-0.2, -0.15) is 0 Å². The third kappa shape index (κ3) is 7.57. The van der Waals surface area contributed by atoms with Crippen molar-refractivity contribution in [3.05, 3.63) is 107 Å². The summed E-state index contributed by atoms with van der Waals surface area (Å²) < 4.78 is 11.9. The number of allylic oxidation sites excluding steroid dienone is 16. The van der Waals surface area contributed by atoms with Crippen LogP contribution >= 0.6 is 0 Å². The molecule has 0 aromatic carbocycles. The van der Waals surface area contributed by atoms with Crippen molar-refractivity contribution >= 4 is 0 Å². The molecule has 0 saturated heterocycles. The van der Waals surface area contributed by atoms with Crippen molar-refractivity contribution in [2.75, 3.05) is 19.8 Å². The molecule has 2 aliphatic rings. The minimum absolute atomic E-state index is 0.0133. The van der Waals surface area contributed by atoms with Crippen molar-refractivity contribution in [2.24, 2.45) is 5.92 Å². The van der Waals surface area contributed by atoms with Crippen molar-refractivity contribution in [3.63, 3.8) is 0 Å². The lowest BCUT2D eigenvalue weighted by molar-refractivity contribution is 0.130. The maximum absolute atomic E-state index is 9.31. The molecule has 2 rings (SSSR count). The molecule has 2 aliphatic carbocycles. The summed E-state index contributed by atoms with van der Waals surface area (Å²) in [4.78, 5) is 0. The third-order valence-electron chi connectivity index (χ3n) is 4.86. The topological polar surface area (TPSA) is 38.7 Å². The van der Waals surface area contributed by atoms with Crippen LogP contribution in [0.3, 0.4) is 0 Å². The largest absolute Gasteiger partial charge is 0.495 e. The molecule has 3 heteroatoms. The summed E-state index contributed by atoms with van der Waals surface area (Å²) >= 11 is 0. The van der Waals surface area contributed by atoms with Gasteiger partial charge in [-0.15, -0.1) is 0 Å². The first kappa shape index (κ1) is 23.5. The fourth-order valence-electron chi connectivity index (χ4n) is 3.29. The third-order valence-corrected chi connectivity index (χ3v) is 4.86. The van der Waals surface area contributed by atoms with Crippen LogP contribution in [0.15, 0.2) is 107 Å². The Balaban J connectivity index is 2.35. The molecule has 0 radical (unpaired) electrons. The highest BCUT2D eigenvalue weighted by atomic mass is 16.5. The molecule has 160 valence electrons. The summed E-state index contributed by atoms with van der Waals surface area (Å²) in [5.74, 6) is 1.74. The van der Waals surface area contributed by atoms with Crippen molar-refractivity contribution < 1.29 is 14.6 Å². The van der Waals surface area contributed by atoms with E-state index in [9.17, 15) is 5.11 Å². The lowest BCUT2D eigenvalue weighted by Gasteiger charge is -2.22. The number of rotatable bonds is 10. The Bertz CT molecular complexity index is 826. The first-order chi connectivity index (χ1) is 14.7. The molecule has 0 bridgehead atoms. The fraction of sp³-hybridized carbons (Fsp3) is 0.333. The normalized spacial score (nSPS) is 19.7. The summed E-state index contributed by atoms with van der Waals surface area (Å²) in [6, 6.07) is 0. The second kappa shape index (κ2) is 13.4. The van der Waals surface area contributed by atoms with E-state index in [4.69, 9.17) is 9.47 Å². The maximum atomic E-state index is 9.31. The Morgan fingerprint density at radius 1 is 1.20 bits per heavy atom. The van der Waals surface area contributed by atoms with Crippen molar-refractivity contribution in [3.8, 4) is 0 Å². The molecule has 1 atom stereocenters. The van der Waals surface area contributed by atoms with Gasteiger partial charge in [-0.3, -0.25) is 0 Å². The second-order valence-corrected chi connectivity index (χ2v) is 7.08. The minimum atomic E-state index is -0.0161. The predicted octanol–water partition coefficient (Wildman–Crippen LogP) is 6.27. The molecule has 0 spiro atoms. The molecule has 0 aromatic heterocycles. The van der Waals surface area contributed by atoms with E-state index in [1.807, 2.05) is 50.3 Å². The van der Waals surface area contributed by atoms with Gasteiger partial charge < -0.3 is 14.6 Å². The van der Waals surface area contributed by atoms with Gasteiger partial charge in [0.1, 0.15) is 18.1 Å². The molecule has 1 unspecified atom stereocenters. The van der Waals surface area contributed by atoms with Gasteiger partial charge in [0.2, 0.25) is 0 Å². The Hall–Kier alpha value is -2.78. The summed E-state index contributed by atoms with van der Waals surface area (Å²) in [5.41, 5.74) is 3.61. The van der Waals surface area contributed by atoms with Crippen LogP contribution in [-0.2, 0) is 9.47 Å². The molecule has 0 saturated carbocycles. The van der Waals surface area contributed by atoms with Crippen LogP contribution in [0.4, 0.5) is 0 Å².